The number of hydrogen-bond acceptors (Lipinski definition) is 3. The quantitative estimate of drug-likeness (QED) is 0.901. The number of para-hydroxylation sites is 1. The van der Waals surface area contributed by atoms with Gasteiger partial charge in [-0.2, -0.15) is 0 Å². The van der Waals surface area contributed by atoms with Crippen LogP contribution in [0.2, 0.25) is 5.02 Å². The number of anilines is 1. The van der Waals surface area contributed by atoms with Crippen LogP contribution in [0.4, 0.5) is 5.69 Å². The maximum atomic E-state index is 6.51. The minimum Gasteiger partial charge on any atom is -0.367 e. The molecule has 0 radical (unpaired) electrons. The summed E-state index contributed by atoms with van der Waals surface area (Å²) in [6.45, 7) is 9.78. The van der Waals surface area contributed by atoms with Crippen LogP contribution in [0, 0.1) is 0 Å². The van der Waals surface area contributed by atoms with Crippen LogP contribution < -0.4 is 10.2 Å². The fourth-order valence-corrected chi connectivity index (χ4v) is 3.43. The van der Waals surface area contributed by atoms with Crippen molar-refractivity contribution in [1.29, 1.82) is 0 Å². The maximum absolute atomic E-state index is 6.51. The molecule has 1 aromatic rings. The number of nitrogens with one attached hydrogen (secondary N) is 1. The van der Waals surface area contributed by atoms with E-state index in [1.54, 1.807) is 0 Å². The molecule has 1 N–H and O–H groups in total. The topological polar surface area (TPSA) is 18.5 Å². The third-order valence-electron chi connectivity index (χ3n) is 4.46. The van der Waals surface area contributed by atoms with Crippen LogP contribution in [0.25, 0.3) is 0 Å². The Morgan fingerprint density at radius 2 is 1.90 bits per heavy atom. The Balaban J connectivity index is 1.71. The summed E-state index contributed by atoms with van der Waals surface area (Å²) >= 11 is 6.51. The summed E-state index contributed by atoms with van der Waals surface area (Å²) in [6.07, 6.45) is 2.80. The standard InChI is InChI=1S/C17H26ClN3/c1-13(2)19-12-14-4-3-5-16(18)17(14)21-10-8-20(9-11-21)15-6-7-15/h3-5,13,15,19H,6-12H2,1-2H3. The predicted molar refractivity (Wildman–Crippen MR) is 90.2 cm³/mol. The van der Waals surface area contributed by atoms with Gasteiger partial charge in [-0.05, 0) is 24.5 Å². The monoisotopic (exact) mass is 307 g/mol. The maximum Gasteiger partial charge on any atom is 0.0642 e. The lowest BCUT2D eigenvalue weighted by molar-refractivity contribution is 0.248. The van der Waals surface area contributed by atoms with E-state index in [9.17, 15) is 0 Å². The van der Waals surface area contributed by atoms with Gasteiger partial charge in [-0.1, -0.05) is 37.6 Å². The fraction of sp³-hybridized carbons (Fsp3) is 0.647. The van der Waals surface area contributed by atoms with Crippen molar-refractivity contribution in [1.82, 2.24) is 10.2 Å². The summed E-state index contributed by atoms with van der Waals surface area (Å²) in [5.41, 5.74) is 2.55. The van der Waals surface area contributed by atoms with E-state index in [0.29, 0.717) is 6.04 Å². The second kappa shape index (κ2) is 6.55. The molecule has 116 valence electrons. The van der Waals surface area contributed by atoms with Gasteiger partial charge in [-0.15, -0.1) is 0 Å². The van der Waals surface area contributed by atoms with E-state index >= 15 is 0 Å². The zero-order chi connectivity index (χ0) is 14.8. The number of nitrogens with zero attached hydrogens (tertiary/aromatic N) is 2. The molecule has 3 nitrogen and oxygen atoms in total. The van der Waals surface area contributed by atoms with E-state index < -0.39 is 0 Å². The molecule has 2 aliphatic rings. The molecule has 1 saturated heterocycles. The summed E-state index contributed by atoms with van der Waals surface area (Å²) in [6, 6.07) is 7.64. The van der Waals surface area contributed by atoms with Crippen molar-refractivity contribution in [3.63, 3.8) is 0 Å². The van der Waals surface area contributed by atoms with Crippen LogP contribution in [0.5, 0.6) is 0 Å². The Kier molecular flexibility index (Phi) is 4.72. The molecule has 21 heavy (non-hydrogen) atoms. The molecule has 0 unspecified atom stereocenters. The van der Waals surface area contributed by atoms with Gasteiger partial charge >= 0.3 is 0 Å². The van der Waals surface area contributed by atoms with Crippen LogP contribution in [-0.4, -0.2) is 43.2 Å². The van der Waals surface area contributed by atoms with Crippen molar-refractivity contribution in [2.24, 2.45) is 0 Å². The predicted octanol–water partition coefficient (Wildman–Crippen LogP) is 3.12. The zero-order valence-electron chi connectivity index (χ0n) is 13.1. The van der Waals surface area contributed by atoms with Gasteiger partial charge in [0.15, 0.2) is 0 Å². The molecule has 0 bridgehead atoms. The van der Waals surface area contributed by atoms with E-state index in [-0.39, 0.29) is 0 Å². The smallest absolute Gasteiger partial charge is 0.0642 e. The summed E-state index contributed by atoms with van der Waals surface area (Å²) in [7, 11) is 0. The lowest BCUT2D eigenvalue weighted by atomic mass is 10.1. The van der Waals surface area contributed by atoms with Gasteiger partial charge in [0, 0.05) is 44.8 Å². The molecule has 1 saturated carbocycles. The number of piperazine rings is 1. The number of benzene rings is 1. The molecule has 0 aromatic heterocycles. The lowest BCUT2D eigenvalue weighted by Crippen LogP contribution is -2.47. The third-order valence-corrected chi connectivity index (χ3v) is 4.77. The minimum atomic E-state index is 0.489. The third kappa shape index (κ3) is 3.71. The highest BCUT2D eigenvalue weighted by Gasteiger charge is 2.31. The summed E-state index contributed by atoms with van der Waals surface area (Å²) in [4.78, 5) is 5.11. The van der Waals surface area contributed by atoms with Crippen molar-refractivity contribution in [3.8, 4) is 0 Å². The molecule has 0 amide bonds. The van der Waals surface area contributed by atoms with Crippen LogP contribution in [-0.2, 0) is 6.54 Å². The van der Waals surface area contributed by atoms with Crippen molar-refractivity contribution in [2.45, 2.75) is 45.3 Å². The van der Waals surface area contributed by atoms with Crippen molar-refractivity contribution >= 4 is 17.3 Å². The zero-order valence-corrected chi connectivity index (χ0v) is 13.9. The highest BCUT2D eigenvalue weighted by Crippen LogP contribution is 2.33. The Morgan fingerprint density at radius 3 is 2.52 bits per heavy atom. The van der Waals surface area contributed by atoms with Gasteiger partial charge in [-0.25, -0.2) is 0 Å². The molecule has 1 aliphatic carbocycles. The Bertz CT molecular complexity index is 477. The van der Waals surface area contributed by atoms with E-state index in [1.807, 2.05) is 6.07 Å². The van der Waals surface area contributed by atoms with Gasteiger partial charge in [0.2, 0.25) is 0 Å². The van der Waals surface area contributed by atoms with Gasteiger partial charge in [0.05, 0.1) is 10.7 Å². The minimum absolute atomic E-state index is 0.489. The number of rotatable bonds is 5. The lowest BCUT2D eigenvalue weighted by Gasteiger charge is -2.37. The second-order valence-electron chi connectivity index (χ2n) is 6.54. The molecule has 1 aliphatic heterocycles. The van der Waals surface area contributed by atoms with E-state index in [1.165, 1.54) is 37.2 Å². The first-order chi connectivity index (χ1) is 10.1. The summed E-state index contributed by atoms with van der Waals surface area (Å²) < 4.78 is 0. The Labute approximate surface area is 133 Å². The van der Waals surface area contributed by atoms with E-state index in [4.69, 9.17) is 11.6 Å². The van der Waals surface area contributed by atoms with Gasteiger partial charge < -0.3 is 10.2 Å². The van der Waals surface area contributed by atoms with Gasteiger partial charge in [0.1, 0.15) is 0 Å². The summed E-state index contributed by atoms with van der Waals surface area (Å²) in [5, 5.41) is 4.40. The van der Waals surface area contributed by atoms with Crippen LogP contribution in [0.15, 0.2) is 18.2 Å². The van der Waals surface area contributed by atoms with E-state index in [0.717, 1.165) is 30.7 Å². The fourth-order valence-electron chi connectivity index (χ4n) is 3.12. The summed E-state index contributed by atoms with van der Waals surface area (Å²) in [5.74, 6) is 0. The molecular formula is C17H26ClN3. The van der Waals surface area contributed by atoms with E-state index in [2.05, 4.69) is 41.1 Å². The average molecular weight is 308 g/mol. The van der Waals surface area contributed by atoms with Crippen LogP contribution in [0.1, 0.15) is 32.3 Å². The SMILES string of the molecule is CC(C)NCc1cccc(Cl)c1N1CCN(C2CC2)CC1. The molecule has 1 aromatic carbocycles. The van der Waals surface area contributed by atoms with Crippen LogP contribution >= 0.6 is 11.6 Å². The molecule has 1 heterocycles. The van der Waals surface area contributed by atoms with Crippen molar-refractivity contribution in [3.05, 3.63) is 28.8 Å². The molecule has 0 atom stereocenters. The molecule has 0 spiro atoms. The van der Waals surface area contributed by atoms with Crippen LogP contribution in [0.3, 0.4) is 0 Å². The second-order valence-corrected chi connectivity index (χ2v) is 6.94. The van der Waals surface area contributed by atoms with Gasteiger partial charge in [-0.3, -0.25) is 4.90 Å². The molecule has 4 heteroatoms. The first-order valence-electron chi connectivity index (χ1n) is 8.15. The number of halogens is 1. The van der Waals surface area contributed by atoms with Crippen molar-refractivity contribution in [2.75, 3.05) is 31.1 Å². The Morgan fingerprint density at radius 1 is 1.19 bits per heavy atom. The highest BCUT2D eigenvalue weighted by molar-refractivity contribution is 6.33. The normalized spacial score (nSPS) is 20.3. The molecule has 2 fully saturated rings. The average Bonchev–Trinajstić information content (AvgIpc) is 3.30. The Hall–Kier alpha value is -0.770. The first kappa shape index (κ1) is 15.1. The molecular weight excluding hydrogens is 282 g/mol. The largest absolute Gasteiger partial charge is 0.367 e. The molecule has 3 rings (SSSR count). The number of hydrogen-bond donors (Lipinski definition) is 1. The highest BCUT2D eigenvalue weighted by atomic mass is 35.5. The van der Waals surface area contributed by atoms with Gasteiger partial charge in [0.25, 0.3) is 0 Å². The first-order valence-corrected chi connectivity index (χ1v) is 8.52. The van der Waals surface area contributed by atoms with Crippen molar-refractivity contribution < 1.29 is 0 Å².